The Morgan fingerprint density at radius 3 is 2.82 bits per heavy atom. The van der Waals surface area contributed by atoms with E-state index < -0.39 is 0 Å². The molecule has 1 aliphatic heterocycles. The van der Waals surface area contributed by atoms with Gasteiger partial charge in [0.05, 0.1) is 0 Å². The van der Waals surface area contributed by atoms with Gasteiger partial charge in [-0.2, -0.15) is 0 Å². The standard InChI is InChI=1S/C13H21N3O/c1-14-12-4-3-5-13(15-12)16-8-6-11(7-9-16)10-17-2/h3-5,11H,6-10H2,1-2H3,(H,14,15). The van der Waals surface area contributed by atoms with E-state index in [1.165, 1.54) is 12.8 Å². The third kappa shape index (κ3) is 3.09. The molecule has 0 radical (unpaired) electrons. The first-order valence-electron chi connectivity index (χ1n) is 6.22. The summed E-state index contributed by atoms with van der Waals surface area (Å²) in [6.45, 7) is 3.04. The van der Waals surface area contributed by atoms with Crippen molar-refractivity contribution in [3.05, 3.63) is 18.2 Å². The zero-order chi connectivity index (χ0) is 12.1. The highest BCUT2D eigenvalue weighted by Crippen LogP contribution is 2.22. The molecule has 4 heteroatoms. The van der Waals surface area contributed by atoms with Crippen LogP contribution in [0.1, 0.15) is 12.8 Å². The maximum atomic E-state index is 5.21. The Morgan fingerprint density at radius 2 is 2.18 bits per heavy atom. The van der Waals surface area contributed by atoms with Crippen molar-refractivity contribution < 1.29 is 4.74 Å². The Balaban J connectivity index is 1.95. The second-order valence-electron chi connectivity index (χ2n) is 4.52. The zero-order valence-electron chi connectivity index (χ0n) is 10.6. The fourth-order valence-corrected chi connectivity index (χ4v) is 2.30. The summed E-state index contributed by atoms with van der Waals surface area (Å²) in [5.74, 6) is 2.72. The van der Waals surface area contributed by atoms with Crippen LogP contribution in [0.2, 0.25) is 0 Å². The van der Waals surface area contributed by atoms with Gasteiger partial charge in [0, 0.05) is 33.9 Å². The fraction of sp³-hybridized carbons (Fsp3) is 0.615. The van der Waals surface area contributed by atoms with Crippen molar-refractivity contribution in [3.63, 3.8) is 0 Å². The first-order valence-corrected chi connectivity index (χ1v) is 6.22. The van der Waals surface area contributed by atoms with Gasteiger partial charge in [-0.1, -0.05) is 6.07 Å². The SMILES string of the molecule is CNc1cccc(N2CCC(COC)CC2)n1. The molecule has 1 aromatic heterocycles. The van der Waals surface area contributed by atoms with Crippen molar-refractivity contribution in [2.45, 2.75) is 12.8 Å². The predicted molar refractivity (Wildman–Crippen MR) is 70.6 cm³/mol. The first-order chi connectivity index (χ1) is 8.33. The van der Waals surface area contributed by atoms with Crippen LogP contribution in [0.4, 0.5) is 11.6 Å². The highest BCUT2D eigenvalue weighted by atomic mass is 16.5. The van der Waals surface area contributed by atoms with Crippen LogP contribution in [0, 0.1) is 5.92 Å². The van der Waals surface area contributed by atoms with Gasteiger partial charge in [-0.25, -0.2) is 4.98 Å². The lowest BCUT2D eigenvalue weighted by Gasteiger charge is -2.32. The number of nitrogens with one attached hydrogen (secondary N) is 1. The van der Waals surface area contributed by atoms with Crippen LogP contribution in [-0.2, 0) is 4.74 Å². The van der Waals surface area contributed by atoms with Crippen LogP contribution < -0.4 is 10.2 Å². The van der Waals surface area contributed by atoms with E-state index in [2.05, 4.69) is 27.3 Å². The van der Waals surface area contributed by atoms with Crippen molar-refractivity contribution >= 4 is 11.6 Å². The van der Waals surface area contributed by atoms with Gasteiger partial charge in [0.2, 0.25) is 0 Å². The number of hydrogen-bond donors (Lipinski definition) is 1. The summed E-state index contributed by atoms with van der Waals surface area (Å²) in [6.07, 6.45) is 2.39. The number of methoxy groups -OCH3 is 1. The lowest BCUT2D eigenvalue weighted by atomic mass is 9.98. The van der Waals surface area contributed by atoms with Gasteiger partial charge in [-0.15, -0.1) is 0 Å². The minimum atomic E-state index is 0.712. The van der Waals surface area contributed by atoms with Gasteiger partial charge in [0.1, 0.15) is 11.6 Å². The molecule has 17 heavy (non-hydrogen) atoms. The molecule has 1 fully saturated rings. The molecule has 0 atom stereocenters. The molecule has 0 spiro atoms. The highest BCUT2D eigenvalue weighted by molar-refractivity contribution is 5.46. The number of rotatable bonds is 4. The number of piperidine rings is 1. The normalized spacial score (nSPS) is 17.2. The van der Waals surface area contributed by atoms with E-state index in [9.17, 15) is 0 Å². The van der Waals surface area contributed by atoms with Crippen LogP contribution in [0.25, 0.3) is 0 Å². The third-order valence-corrected chi connectivity index (χ3v) is 3.33. The van der Waals surface area contributed by atoms with Gasteiger partial charge >= 0.3 is 0 Å². The van der Waals surface area contributed by atoms with Crippen LogP contribution in [0.15, 0.2) is 18.2 Å². The average molecular weight is 235 g/mol. The second-order valence-corrected chi connectivity index (χ2v) is 4.52. The van der Waals surface area contributed by atoms with Crippen LogP contribution in [-0.4, -0.2) is 38.8 Å². The molecule has 1 N–H and O–H groups in total. The van der Waals surface area contributed by atoms with E-state index in [4.69, 9.17) is 4.74 Å². The number of hydrogen-bond acceptors (Lipinski definition) is 4. The van der Waals surface area contributed by atoms with E-state index in [1.807, 2.05) is 13.1 Å². The maximum absolute atomic E-state index is 5.21. The van der Waals surface area contributed by atoms with E-state index in [-0.39, 0.29) is 0 Å². The minimum Gasteiger partial charge on any atom is -0.384 e. The maximum Gasteiger partial charge on any atom is 0.130 e. The minimum absolute atomic E-state index is 0.712. The molecule has 0 bridgehead atoms. The largest absolute Gasteiger partial charge is 0.384 e. The van der Waals surface area contributed by atoms with Crippen molar-refractivity contribution in [1.82, 2.24) is 4.98 Å². The van der Waals surface area contributed by atoms with Gasteiger partial charge in [-0.3, -0.25) is 0 Å². The van der Waals surface area contributed by atoms with Gasteiger partial charge in [-0.05, 0) is 30.9 Å². The smallest absolute Gasteiger partial charge is 0.130 e. The van der Waals surface area contributed by atoms with Crippen LogP contribution >= 0.6 is 0 Å². The second kappa shape index (κ2) is 5.87. The summed E-state index contributed by atoms with van der Waals surface area (Å²) in [4.78, 5) is 6.92. The molecule has 1 saturated heterocycles. The number of pyridine rings is 1. The number of anilines is 2. The Morgan fingerprint density at radius 1 is 1.41 bits per heavy atom. The van der Waals surface area contributed by atoms with Crippen molar-refractivity contribution in [2.75, 3.05) is 44.1 Å². The predicted octanol–water partition coefficient (Wildman–Crippen LogP) is 1.99. The fourth-order valence-electron chi connectivity index (χ4n) is 2.30. The van der Waals surface area contributed by atoms with Gasteiger partial charge in [0.15, 0.2) is 0 Å². The Hall–Kier alpha value is -1.29. The molecular formula is C13H21N3O. The average Bonchev–Trinajstić information content (AvgIpc) is 2.40. The number of aromatic nitrogens is 1. The Kier molecular flexibility index (Phi) is 4.20. The van der Waals surface area contributed by atoms with Gasteiger partial charge in [0.25, 0.3) is 0 Å². The summed E-state index contributed by atoms with van der Waals surface area (Å²) in [5.41, 5.74) is 0. The molecule has 94 valence electrons. The van der Waals surface area contributed by atoms with E-state index in [1.54, 1.807) is 7.11 Å². The molecule has 0 aliphatic carbocycles. The molecule has 2 rings (SSSR count). The summed E-state index contributed by atoms with van der Waals surface area (Å²) in [5, 5.41) is 3.08. The zero-order valence-corrected chi connectivity index (χ0v) is 10.6. The van der Waals surface area contributed by atoms with E-state index >= 15 is 0 Å². The van der Waals surface area contributed by atoms with E-state index in [0.29, 0.717) is 5.92 Å². The molecule has 0 saturated carbocycles. The molecule has 2 heterocycles. The van der Waals surface area contributed by atoms with Crippen molar-refractivity contribution in [3.8, 4) is 0 Å². The van der Waals surface area contributed by atoms with Crippen LogP contribution in [0.5, 0.6) is 0 Å². The highest BCUT2D eigenvalue weighted by Gasteiger charge is 2.19. The monoisotopic (exact) mass is 235 g/mol. The topological polar surface area (TPSA) is 37.4 Å². The molecule has 1 aliphatic rings. The molecule has 4 nitrogen and oxygen atoms in total. The summed E-state index contributed by atoms with van der Waals surface area (Å²) >= 11 is 0. The van der Waals surface area contributed by atoms with Crippen molar-refractivity contribution in [1.29, 1.82) is 0 Å². The Bertz CT molecular complexity index is 348. The molecule has 0 amide bonds. The van der Waals surface area contributed by atoms with E-state index in [0.717, 1.165) is 31.3 Å². The third-order valence-electron chi connectivity index (χ3n) is 3.33. The molecule has 0 aromatic carbocycles. The lowest BCUT2D eigenvalue weighted by Crippen LogP contribution is -2.35. The summed E-state index contributed by atoms with van der Waals surface area (Å²) in [7, 11) is 3.68. The van der Waals surface area contributed by atoms with Crippen LogP contribution in [0.3, 0.4) is 0 Å². The van der Waals surface area contributed by atoms with Crippen molar-refractivity contribution in [2.24, 2.45) is 5.92 Å². The molecule has 1 aromatic rings. The first kappa shape index (κ1) is 12.2. The lowest BCUT2D eigenvalue weighted by molar-refractivity contribution is 0.139. The Labute approximate surface area is 103 Å². The number of ether oxygens (including phenoxy) is 1. The quantitative estimate of drug-likeness (QED) is 0.866. The van der Waals surface area contributed by atoms with Gasteiger partial charge < -0.3 is 15.0 Å². The molecular weight excluding hydrogens is 214 g/mol. The molecule has 0 unspecified atom stereocenters. The number of nitrogens with zero attached hydrogens (tertiary/aromatic N) is 2. The summed E-state index contributed by atoms with van der Waals surface area (Å²) in [6, 6.07) is 6.12. The summed E-state index contributed by atoms with van der Waals surface area (Å²) < 4.78 is 5.21.